The third-order valence-electron chi connectivity index (χ3n) is 7.46. The lowest BCUT2D eigenvalue weighted by Crippen LogP contribution is -2.57. The monoisotopic (exact) mass is 571 g/mol. The topological polar surface area (TPSA) is 153 Å². The first kappa shape index (κ1) is 31.6. The van der Waals surface area contributed by atoms with Crippen LogP contribution < -0.4 is 15.4 Å². The molecule has 1 aliphatic rings. The number of benzene rings is 1. The number of aromatic nitrogens is 2. The van der Waals surface area contributed by atoms with Crippen LogP contribution in [0, 0.1) is 11.8 Å². The highest BCUT2D eigenvalue weighted by Gasteiger charge is 2.41. The minimum absolute atomic E-state index is 0.206. The second kappa shape index (κ2) is 13.1. The van der Waals surface area contributed by atoms with Crippen LogP contribution in [0.5, 0.6) is 5.75 Å². The summed E-state index contributed by atoms with van der Waals surface area (Å²) in [4.78, 5) is 53.6. The summed E-state index contributed by atoms with van der Waals surface area (Å²) in [5.74, 6) is -1.12. The largest absolute Gasteiger partial charge is 0.497 e. The van der Waals surface area contributed by atoms with E-state index >= 15 is 0 Å². The molecule has 0 radical (unpaired) electrons. The Labute approximate surface area is 240 Å². The van der Waals surface area contributed by atoms with Crippen molar-refractivity contribution in [2.75, 3.05) is 20.8 Å². The van der Waals surface area contributed by atoms with Gasteiger partial charge in [0.05, 0.1) is 25.7 Å². The number of ether oxygens (including phenoxy) is 2. The third kappa shape index (κ3) is 7.04. The van der Waals surface area contributed by atoms with Crippen molar-refractivity contribution >= 4 is 23.7 Å². The van der Waals surface area contributed by atoms with E-state index in [2.05, 4.69) is 25.6 Å². The van der Waals surface area contributed by atoms with Crippen LogP contribution in [0.1, 0.15) is 76.5 Å². The molecule has 1 aromatic carbocycles. The highest BCUT2D eigenvalue weighted by Crippen LogP contribution is 2.32. The molecule has 3 atom stereocenters. The van der Waals surface area contributed by atoms with E-state index in [4.69, 9.17) is 9.15 Å². The Morgan fingerprint density at radius 2 is 1.61 bits per heavy atom. The van der Waals surface area contributed by atoms with Gasteiger partial charge < -0.3 is 29.4 Å². The maximum Gasteiger partial charge on any atom is 0.407 e. The number of hydrogen-bond donors (Lipinski definition) is 2. The lowest BCUT2D eigenvalue weighted by atomic mass is 9.84. The van der Waals surface area contributed by atoms with Gasteiger partial charge in [-0.25, -0.2) is 4.79 Å². The van der Waals surface area contributed by atoms with Gasteiger partial charge in [0.2, 0.25) is 23.5 Å². The SMILES string of the molecule is COC(=O)N[C@H](C(=O)N1CCC[C@H]1C(=O)N[C@@H](C(=O)c1nnc(C(C)(C)c2ccc(OC)cc2)o1)C(C)C)C(C)C. The number of ketones is 1. The van der Waals surface area contributed by atoms with Gasteiger partial charge in [-0.05, 0) is 56.2 Å². The average molecular weight is 572 g/mol. The number of hydrogen-bond acceptors (Lipinski definition) is 9. The maximum atomic E-state index is 13.5. The Balaban J connectivity index is 1.77. The van der Waals surface area contributed by atoms with Crippen LogP contribution in [-0.4, -0.2) is 77.7 Å². The molecule has 1 aromatic heterocycles. The van der Waals surface area contributed by atoms with E-state index < -0.39 is 41.3 Å². The van der Waals surface area contributed by atoms with Crippen molar-refractivity contribution in [2.45, 2.75) is 77.9 Å². The Morgan fingerprint density at radius 3 is 2.17 bits per heavy atom. The van der Waals surface area contributed by atoms with Crippen molar-refractivity contribution in [2.24, 2.45) is 11.8 Å². The second-order valence-electron chi connectivity index (χ2n) is 11.4. The van der Waals surface area contributed by atoms with Gasteiger partial charge in [0, 0.05) is 6.54 Å². The zero-order valence-electron chi connectivity index (χ0n) is 25.0. The molecule has 0 saturated carbocycles. The molecule has 2 heterocycles. The minimum atomic E-state index is -0.952. The summed E-state index contributed by atoms with van der Waals surface area (Å²) >= 11 is 0. The van der Waals surface area contributed by atoms with Gasteiger partial charge in [0.25, 0.3) is 5.89 Å². The highest BCUT2D eigenvalue weighted by molar-refractivity contribution is 6.00. The number of nitrogens with one attached hydrogen (secondary N) is 2. The van der Waals surface area contributed by atoms with Gasteiger partial charge in [0.1, 0.15) is 17.8 Å². The van der Waals surface area contributed by atoms with E-state index in [9.17, 15) is 19.2 Å². The van der Waals surface area contributed by atoms with Gasteiger partial charge in [-0.15, -0.1) is 10.2 Å². The number of methoxy groups -OCH3 is 2. The highest BCUT2D eigenvalue weighted by atomic mass is 16.5. The normalized spacial score (nSPS) is 16.8. The summed E-state index contributed by atoms with van der Waals surface area (Å²) in [5.41, 5.74) is 0.201. The summed E-state index contributed by atoms with van der Waals surface area (Å²) < 4.78 is 15.7. The summed E-state index contributed by atoms with van der Waals surface area (Å²) in [6, 6.07) is 4.84. The zero-order valence-corrected chi connectivity index (χ0v) is 25.0. The van der Waals surface area contributed by atoms with E-state index in [0.717, 1.165) is 5.56 Å². The van der Waals surface area contributed by atoms with Crippen molar-refractivity contribution in [1.82, 2.24) is 25.7 Å². The molecule has 224 valence electrons. The smallest absolute Gasteiger partial charge is 0.407 e. The van der Waals surface area contributed by atoms with Crippen molar-refractivity contribution in [1.29, 1.82) is 0 Å². The number of rotatable bonds is 11. The summed E-state index contributed by atoms with van der Waals surface area (Å²) in [5, 5.41) is 13.5. The van der Waals surface area contributed by atoms with Gasteiger partial charge in [0.15, 0.2) is 0 Å². The molecule has 12 heteroatoms. The van der Waals surface area contributed by atoms with Crippen LogP contribution in [-0.2, 0) is 19.7 Å². The van der Waals surface area contributed by atoms with Crippen molar-refractivity contribution in [3.8, 4) is 5.75 Å². The van der Waals surface area contributed by atoms with Crippen LogP contribution in [0.25, 0.3) is 0 Å². The first-order valence-electron chi connectivity index (χ1n) is 13.8. The second-order valence-corrected chi connectivity index (χ2v) is 11.4. The van der Waals surface area contributed by atoms with Gasteiger partial charge in [-0.2, -0.15) is 0 Å². The van der Waals surface area contributed by atoms with Crippen molar-refractivity contribution in [3.05, 3.63) is 41.6 Å². The molecule has 0 aliphatic carbocycles. The Hall–Kier alpha value is -3.96. The number of Topliss-reactive ketones (excluding diaryl/α,β-unsaturated/α-hetero) is 1. The Kier molecular flexibility index (Phi) is 10.1. The number of carbonyl (C=O) groups excluding carboxylic acids is 4. The number of nitrogens with zero attached hydrogens (tertiary/aromatic N) is 3. The van der Waals surface area contributed by atoms with E-state index in [1.165, 1.54) is 12.0 Å². The minimum Gasteiger partial charge on any atom is -0.497 e. The molecule has 0 unspecified atom stereocenters. The number of amides is 3. The number of alkyl carbamates (subject to hydrolysis) is 1. The molecule has 0 spiro atoms. The first-order valence-corrected chi connectivity index (χ1v) is 13.8. The van der Waals surface area contributed by atoms with Gasteiger partial charge in [-0.1, -0.05) is 39.8 Å². The molecule has 3 rings (SSSR count). The number of likely N-dealkylation sites (tertiary alicyclic amines) is 1. The fraction of sp³-hybridized carbons (Fsp3) is 0.586. The molecule has 1 fully saturated rings. The van der Waals surface area contributed by atoms with E-state index in [0.29, 0.717) is 25.1 Å². The predicted molar refractivity (Wildman–Crippen MR) is 149 cm³/mol. The fourth-order valence-corrected chi connectivity index (χ4v) is 4.81. The summed E-state index contributed by atoms with van der Waals surface area (Å²) in [6.45, 7) is 11.4. The first-order chi connectivity index (χ1) is 19.3. The van der Waals surface area contributed by atoms with Crippen LogP contribution in [0.3, 0.4) is 0 Å². The van der Waals surface area contributed by atoms with Crippen LogP contribution in [0.4, 0.5) is 4.79 Å². The summed E-state index contributed by atoms with van der Waals surface area (Å²) in [7, 11) is 2.81. The van der Waals surface area contributed by atoms with Gasteiger partial charge >= 0.3 is 6.09 Å². The summed E-state index contributed by atoms with van der Waals surface area (Å²) in [6.07, 6.45) is 0.317. The van der Waals surface area contributed by atoms with E-state index in [1.54, 1.807) is 34.8 Å². The maximum absolute atomic E-state index is 13.5. The molecule has 12 nitrogen and oxygen atoms in total. The molecular weight excluding hydrogens is 530 g/mol. The van der Waals surface area contributed by atoms with Gasteiger partial charge in [-0.3, -0.25) is 14.4 Å². The number of carbonyl (C=O) groups is 4. The van der Waals surface area contributed by atoms with Crippen LogP contribution >= 0.6 is 0 Å². The Bertz CT molecular complexity index is 1240. The van der Waals surface area contributed by atoms with Crippen molar-refractivity contribution in [3.63, 3.8) is 0 Å². The molecule has 2 aromatic rings. The molecule has 2 N–H and O–H groups in total. The van der Waals surface area contributed by atoms with E-state index in [-0.39, 0.29) is 29.5 Å². The molecule has 3 amide bonds. The lowest BCUT2D eigenvalue weighted by molar-refractivity contribution is -0.141. The quantitative estimate of drug-likeness (QED) is 0.387. The van der Waals surface area contributed by atoms with Crippen LogP contribution in [0.15, 0.2) is 28.7 Å². The molecule has 1 aliphatic heterocycles. The predicted octanol–water partition coefficient (Wildman–Crippen LogP) is 3.10. The molecule has 0 bridgehead atoms. The van der Waals surface area contributed by atoms with E-state index in [1.807, 2.05) is 38.1 Å². The molecule has 1 saturated heterocycles. The Morgan fingerprint density at radius 1 is 0.976 bits per heavy atom. The van der Waals surface area contributed by atoms with Crippen LogP contribution in [0.2, 0.25) is 0 Å². The van der Waals surface area contributed by atoms with Crippen molar-refractivity contribution < 1.29 is 33.1 Å². The standard InChI is InChI=1S/C29H41N5O7/c1-16(2)21(23(35)25-32-33-27(41-25)29(5,6)18-11-13-19(39-7)14-12-18)30-24(36)20-10-9-15-34(20)26(37)22(17(3)4)31-28(38)40-8/h11-14,16-17,20-22H,9-10,15H2,1-8H3,(H,30,36)(H,31,38)/t20-,21+,22-/m0/s1. The average Bonchev–Trinajstić information content (AvgIpc) is 3.64. The fourth-order valence-electron chi connectivity index (χ4n) is 4.81. The zero-order chi connectivity index (χ0) is 30.5. The lowest BCUT2D eigenvalue weighted by Gasteiger charge is -2.31. The third-order valence-corrected chi connectivity index (χ3v) is 7.46. The molecule has 41 heavy (non-hydrogen) atoms. The molecular formula is C29H41N5O7.